The van der Waals surface area contributed by atoms with Crippen molar-refractivity contribution in [1.82, 2.24) is 0 Å². The van der Waals surface area contributed by atoms with Crippen LogP contribution in [0.3, 0.4) is 0 Å². The minimum Gasteiger partial charge on any atom is -0.305 e. The number of hydrogen-bond acceptors (Lipinski definition) is 2. The van der Waals surface area contributed by atoms with Crippen molar-refractivity contribution in [2.75, 3.05) is 0 Å². The Morgan fingerprint density at radius 2 is 2.14 bits per heavy atom. The molecule has 0 spiro atoms. The third-order valence-corrected chi connectivity index (χ3v) is 3.10. The van der Waals surface area contributed by atoms with Crippen molar-refractivity contribution in [3.05, 3.63) is 24.3 Å². The Balaban J connectivity index is 2.13. The van der Waals surface area contributed by atoms with Crippen LogP contribution in [0.4, 0.5) is 0 Å². The van der Waals surface area contributed by atoms with Crippen molar-refractivity contribution in [2.45, 2.75) is 25.7 Å². The fraction of sp³-hybridized carbons (Fsp3) is 0.500. The molecule has 0 radical (unpaired) electrons. The maximum absolute atomic E-state index is 11.7. The molecule has 2 rings (SSSR count). The summed E-state index contributed by atoms with van der Waals surface area (Å²) in [5.74, 6) is 0.483. The molecular weight excluding hydrogens is 174 g/mol. The molecule has 0 bridgehead atoms. The molecule has 1 fully saturated rings. The number of nitrogens with one attached hydrogen (secondary N) is 1. The summed E-state index contributed by atoms with van der Waals surface area (Å²) in [5, 5.41) is 7.78. The molecule has 0 amide bonds. The molecule has 2 nitrogen and oxygen atoms in total. The highest BCUT2D eigenvalue weighted by Gasteiger charge is 2.30. The molecule has 1 saturated carbocycles. The Bertz CT molecular complexity index is 314. The number of hydrogen-bond donors (Lipinski definition) is 1. The summed E-state index contributed by atoms with van der Waals surface area (Å²) in [7, 11) is 0. The van der Waals surface area contributed by atoms with Gasteiger partial charge in [0, 0.05) is 24.0 Å². The predicted molar refractivity (Wildman–Crippen MR) is 56.5 cm³/mol. The van der Waals surface area contributed by atoms with E-state index in [4.69, 9.17) is 5.41 Å². The van der Waals surface area contributed by atoms with E-state index in [2.05, 4.69) is 0 Å². The van der Waals surface area contributed by atoms with Gasteiger partial charge in [-0.2, -0.15) is 0 Å². The van der Waals surface area contributed by atoms with Crippen LogP contribution in [0.15, 0.2) is 24.3 Å². The van der Waals surface area contributed by atoms with E-state index in [-0.39, 0.29) is 11.8 Å². The van der Waals surface area contributed by atoms with Crippen LogP contribution in [0.25, 0.3) is 0 Å². The zero-order valence-corrected chi connectivity index (χ0v) is 8.20. The smallest absolute Gasteiger partial charge is 0.136 e. The first-order valence-corrected chi connectivity index (χ1v) is 5.25. The SMILES string of the molecule is N=C1C=CC=CC1C1CCCCC1=O. The van der Waals surface area contributed by atoms with E-state index in [9.17, 15) is 4.79 Å². The second kappa shape index (κ2) is 3.91. The van der Waals surface area contributed by atoms with Gasteiger partial charge in [-0.25, -0.2) is 0 Å². The molecule has 2 atom stereocenters. The van der Waals surface area contributed by atoms with E-state index in [1.807, 2.05) is 18.2 Å². The van der Waals surface area contributed by atoms with Gasteiger partial charge < -0.3 is 5.41 Å². The number of ketones is 1. The van der Waals surface area contributed by atoms with Crippen LogP contribution >= 0.6 is 0 Å². The number of rotatable bonds is 1. The molecule has 0 aromatic rings. The number of carbonyl (C=O) groups excluding carboxylic acids is 1. The molecule has 74 valence electrons. The predicted octanol–water partition coefficient (Wildman–Crippen LogP) is 2.51. The molecule has 2 aliphatic rings. The van der Waals surface area contributed by atoms with Gasteiger partial charge in [-0.15, -0.1) is 0 Å². The Morgan fingerprint density at radius 3 is 2.86 bits per heavy atom. The topological polar surface area (TPSA) is 40.9 Å². The first kappa shape index (κ1) is 9.38. The molecule has 0 saturated heterocycles. The number of carbonyl (C=O) groups is 1. The molecular formula is C12H15NO. The molecule has 0 heterocycles. The monoisotopic (exact) mass is 189 g/mol. The molecule has 2 heteroatoms. The number of allylic oxidation sites excluding steroid dienone is 4. The summed E-state index contributed by atoms with van der Waals surface area (Å²) in [6, 6.07) is 0. The van der Waals surface area contributed by atoms with E-state index in [1.165, 1.54) is 0 Å². The van der Waals surface area contributed by atoms with E-state index < -0.39 is 0 Å². The maximum atomic E-state index is 11.7. The molecule has 0 aromatic carbocycles. The van der Waals surface area contributed by atoms with Gasteiger partial charge in [0.1, 0.15) is 5.78 Å². The van der Waals surface area contributed by atoms with Gasteiger partial charge >= 0.3 is 0 Å². The van der Waals surface area contributed by atoms with Gasteiger partial charge in [-0.3, -0.25) is 4.79 Å². The molecule has 14 heavy (non-hydrogen) atoms. The van der Waals surface area contributed by atoms with Crippen molar-refractivity contribution >= 4 is 11.5 Å². The summed E-state index contributed by atoms with van der Waals surface area (Å²) in [5.41, 5.74) is 0.591. The summed E-state index contributed by atoms with van der Waals surface area (Å²) in [6.07, 6.45) is 11.5. The van der Waals surface area contributed by atoms with Gasteiger partial charge in [0.2, 0.25) is 0 Å². The fourth-order valence-corrected chi connectivity index (χ4v) is 2.30. The number of Topliss-reactive ketones (excluding diaryl/α,β-unsaturated/α-hetero) is 1. The maximum Gasteiger partial charge on any atom is 0.136 e. The minimum absolute atomic E-state index is 0.0489. The Morgan fingerprint density at radius 1 is 1.29 bits per heavy atom. The van der Waals surface area contributed by atoms with Crippen LogP contribution in [0.2, 0.25) is 0 Å². The van der Waals surface area contributed by atoms with Crippen molar-refractivity contribution in [3.8, 4) is 0 Å². The lowest BCUT2D eigenvalue weighted by Gasteiger charge is -2.27. The molecule has 0 aromatic heterocycles. The standard InChI is InChI=1S/C12H15NO/c13-11-7-3-1-5-9(11)10-6-2-4-8-12(10)14/h1,3,5,7,9-10,13H,2,4,6,8H2. The molecule has 2 unspecified atom stereocenters. The zero-order valence-electron chi connectivity index (χ0n) is 8.20. The third-order valence-electron chi connectivity index (χ3n) is 3.10. The van der Waals surface area contributed by atoms with E-state index in [1.54, 1.807) is 6.08 Å². The van der Waals surface area contributed by atoms with Gasteiger partial charge in [0.25, 0.3) is 0 Å². The van der Waals surface area contributed by atoms with Crippen LogP contribution in [0.5, 0.6) is 0 Å². The van der Waals surface area contributed by atoms with E-state index >= 15 is 0 Å². The average molecular weight is 189 g/mol. The Hall–Kier alpha value is -1.18. The fourth-order valence-electron chi connectivity index (χ4n) is 2.30. The first-order valence-electron chi connectivity index (χ1n) is 5.25. The Labute approximate surface area is 84.2 Å². The van der Waals surface area contributed by atoms with Crippen molar-refractivity contribution in [2.24, 2.45) is 11.8 Å². The normalized spacial score (nSPS) is 32.3. The average Bonchev–Trinajstić information content (AvgIpc) is 2.20. The van der Waals surface area contributed by atoms with Crippen LogP contribution < -0.4 is 0 Å². The lowest BCUT2D eigenvalue weighted by molar-refractivity contribution is -0.125. The van der Waals surface area contributed by atoms with Crippen molar-refractivity contribution in [3.63, 3.8) is 0 Å². The van der Waals surface area contributed by atoms with Crippen LogP contribution in [-0.4, -0.2) is 11.5 Å². The van der Waals surface area contributed by atoms with Crippen molar-refractivity contribution < 1.29 is 4.79 Å². The third kappa shape index (κ3) is 1.69. The Kier molecular flexibility index (Phi) is 2.62. The zero-order chi connectivity index (χ0) is 9.97. The molecule has 0 aliphatic heterocycles. The van der Waals surface area contributed by atoms with Crippen LogP contribution in [0.1, 0.15) is 25.7 Å². The highest BCUT2D eigenvalue weighted by molar-refractivity contribution is 6.00. The minimum atomic E-state index is 0.0489. The van der Waals surface area contributed by atoms with Gasteiger partial charge in [0.15, 0.2) is 0 Å². The second-order valence-corrected chi connectivity index (χ2v) is 4.04. The van der Waals surface area contributed by atoms with Crippen LogP contribution in [0, 0.1) is 17.2 Å². The van der Waals surface area contributed by atoms with Gasteiger partial charge in [0.05, 0.1) is 0 Å². The van der Waals surface area contributed by atoms with Gasteiger partial charge in [-0.05, 0) is 18.9 Å². The summed E-state index contributed by atoms with van der Waals surface area (Å²) in [4.78, 5) is 11.7. The summed E-state index contributed by atoms with van der Waals surface area (Å²) >= 11 is 0. The highest BCUT2D eigenvalue weighted by atomic mass is 16.1. The molecule has 2 aliphatic carbocycles. The first-order chi connectivity index (χ1) is 6.79. The van der Waals surface area contributed by atoms with E-state index in [0.29, 0.717) is 17.9 Å². The largest absolute Gasteiger partial charge is 0.305 e. The quantitative estimate of drug-likeness (QED) is 0.676. The van der Waals surface area contributed by atoms with Crippen LogP contribution in [-0.2, 0) is 4.79 Å². The summed E-state index contributed by atoms with van der Waals surface area (Å²) in [6.45, 7) is 0. The highest BCUT2D eigenvalue weighted by Crippen LogP contribution is 2.30. The van der Waals surface area contributed by atoms with Crippen molar-refractivity contribution in [1.29, 1.82) is 5.41 Å². The van der Waals surface area contributed by atoms with Gasteiger partial charge in [-0.1, -0.05) is 24.6 Å². The summed E-state index contributed by atoms with van der Waals surface area (Å²) < 4.78 is 0. The lowest BCUT2D eigenvalue weighted by atomic mass is 9.76. The lowest BCUT2D eigenvalue weighted by Crippen LogP contribution is -2.30. The second-order valence-electron chi connectivity index (χ2n) is 4.04. The van der Waals surface area contributed by atoms with E-state index in [0.717, 1.165) is 19.3 Å². The molecule has 1 N–H and O–H groups in total.